The van der Waals surface area contributed by atoms with Gasteiger partial charge in [-0.25, -0.2) is 4.98 Å². The van der Waals surface area contributed by atoms with Gasteiger partial charge < -0.3 is 43.0 Å². The highest BCUT2D eigenvalue weighted by atomic mass is 19.3. The van der Waals surface area contributed by atoms with Crippen molar-refractivity contribution in [2.24, 2.45) is 0 Å². The summed E-state index contributed by atoms with van der Waals surface area (Å²) in [6.45, 7) is -7.86. The molecule has 6 aromatic rings. The van der Waals surface area contributed by atoms with E-state index in [2.05, 4.69) is 29.2 Å². The normalized spacial score (nSPS) is 11.6. The molecule has 0 fully saturated rings. The van der Waals surface area contributed by atoms with Crippen molar-refractivity contribution in [2.75, 3.05) is 16.4 Å². The van der Waals surface area contributed by atoms with E-state index in [0.717, 1.165) is 12.1 Å². The number of carbonyl (C=O) groups excluding carboxylic acids is 1. The topological polar surface area (TPSA) is 159 Å². The third kappa shape index (κ3) is 11.8. The first-order chi connectivity index (χ1) is 29.9. The van der Waals surface area contributed by atoms with Gasteiger partial charge in [-0.1, -0.05) is 18.2 Å². The van der Waals surface area contributed by atoms with Crippen molar-refractivity contribution in [3.05, 3.63) is 133 Å². The molecule has 0 amide bonds. The molecule has 4 aromatic carbocycles. The van der Waals surface area contributed by atoms with Crippen LogP contribution in [0, 0.1) is 0 Å². The van der Waals surface area contributed by atoms with E-state index in [0.29, 0.717) is 28.5 Å². The first-order valence-corrected chi connectivity index (χ1v) is 18.4. The van der Waals surface area contributed by atoms with Crippen LogP contribution in [-0.2, 0) is 22.7 Å². The molecule has 2 heterocycles. The minimum atomic E-state index is -3.36. The lowest BCUT2D eigenvalue weighted by Crippen LogP contribution is -2.20. The van der Waals surface area contributed by atoms with Gasteiger partial charge in [0.1, 0.15) is 11.5 Å². The highest BCUT2D eigenvalue weighted by Crippen LogP contribution is 2.40. The second kappa shape index (κ2) is 20.6. The Morgan fingerprint density at radius 2 is 1.31 bits per heavy atom. The minimum absolute atomic E-state index is 0.00789. The van der Waals surface area contributed by atoms with Crippen LogP contribution < -0.4 is 33.5 Å². The first kappa shape index (κ1) is 44.1. The molecule has 0 aliphatic carbocycles. The molecule has 0 aliphatic rings. The zero-order chi connectivity index (χ0) is 44.2. The number of carboxylic acid groups (broad SMARTS) is 1. The molecule has 1 atom stereocenters. The summed E-state index contributed by atoms with van der Waals surface area (Å²) in [5.74, 6) is -4.57. The minimum Gasteiger partial charge on any atom is -0.490 e. The highest BCUT2D eigenvalue weighted by Gasteiger charge is 2.26. The molecule has 14 nitrogen and oxygen atoms in total. The van der Waals surface area contributed by atoms with Crippen LogP contribution in [0.3, 0.4) is 0 Å². The number of benzene rings is 4. The molecule has 20 heteroatoms. The Bertz CT molecular complexity index is 2400. The number of alkyl halides is 6. The maximum absolute atomic E-state index is 13.4. The molecule has 0 radical (unpaired) electrons. The average molecular weight is 868 g/mol. The number of anilines is 4. The number of hydrogen-bond donors (Lipinski definition) is 1. The van der Waals surface area contributed by atoms with Crippen LogP contribution in [0.15, 0.2) is 121 Å². The lowest BCUT2D eigenvalue weighted by atomic mass is 9.95. The van der Waals surface area contributed by atoms with Gasteiger partial charge in [0.25, 0.3) is 0 Å². The number of hydrogen-bond acceptors (Lipinski definition) is 13. The number of rotatable bonds is 21. The monoisotopic (exact) mass is 867 g/mol. The Kier molecular flexibility index (Phi) is 14.7. The smallest absolute Gasteiger partial charge is 0.387 e. The molecule has 0 saturated carbocycles. The fourth-order valence-electron chi connectivity index (χ4n) is 6.17. The van der Waals surface area contributed by atoms with Crippen molar-refractivity contribution in [2.45, 2.75) is 52.2 Å². The zero-order valence-electron chi connectivity index (χ0n) is 32.3. The van der Waals surface area contributed by atoms with Crippen LogP contribution in [0.25, 0.3) is 0 Å². The maximum atomic E-state index is 13.4. The van der Waals surface area contributed by atoms with Gasteiger partial charge in [0.15, 0.2) is 29.4 Å². The first-order valence-electron chi connectivity index (χ1n) is 18.4. The summed E-state index contributed by atoms with van der Waals surface area (Å²) in [7, 11) is 0. The van der Waals surface area contributed by atoms with Crippen LogP contribution >= 0.6 is 0 Å². The number of aromatic nitrogens is 3. The van der Waals surface area contributed by atoms with Crippen molar-refractivity contribution in [3.63, 3.8) is 0 Å². The SMILES string of the molecule is CCOc1cc(N(Cc2cnco2)c2cccc(OC(=O)CC(C(=O)O)c3ccc(N(Cc4cnccn4)c4ccc(OC(F)F)c(OC(F)F)c4)cc3)c2)ccc1OC(F)F. The fourth-order valence-corrected chi connectivity index (χ4v) is 6.17. The van der Waals surface area contributed by atoms with Gasteiger partial charge >= 0.3 is 31.8 Å². The van der Waals surface area contributed by atoms with Crippen LogP contribution in [0.4, 0.5) is 49.1 Å². The number of halogens is 6. The van der Waals surface area contributed by atoms with E-state index in [4.69, 9.17) is 13.9 Å². The zero-order valence-corrected chi connectivity index (χ0v) is 32.3. The van der Waals surface area contributed by atoms with Crippen molar-refractivity contribution in [1.82, 2.24) is 15.0 Å². The summed E-state index contributed by atoms with van der Waals surface area (Å²) in [6, 6.07) is 20.0. The highest BCUT2D eigenvalue weighted by molar-refractivity contribution is 5.84. The second-order valence-corrected chi connectivity index (χ2v) is 12.8. The largest absolute Gasteiger partial charge is 0.490 e. The molecular weight excluding hydrogens is 832 g/mol. The van der Waals surface area contributed by atoms with Gasteiger partial charge in [-0.3, -0.25) is 19.6 Å². The van der Waals surface area contributed by atoms with Crippen LogP contribution in [0.1, 0.15) is 36.3 Å². The summed E-state index contributed by atoms with van der Waals surface area (Å²) in [4.78, 5) is 41.4. The summed E-state index contributed by atoms with van der Waals surface area (Å²) in [6.07, 6.45) is 6.43. The van der Waals surface area contributed by atoms with Crippen molar-refractivity contribution >= 4 is 34.7 Å². The lowest BCUT2D eigenvalue weighted by Gasteiger charge is -2.26. The Balaban J connectivity index is 1.23. The van der Waals surface area contributed by atoms with Gasteiger partial charge in [0.05, 0.1) is 50.1 Å². The van der Waals surface area contributed by atoms with Crippen molar-refractivity contribution in [3.8, 4) is 28.7 Å². The van der Waals surface area contributed by atoms with Gasteiger partial charge in [-0.2, -0.15) is 26.3 Å². The molecule has 324 valence electrons. The Labute approximate surface area is 348 Å². The second-order valence-electron chi connectivity index (χ2n) is 12.8. The van der Waals surface area contributed by atoms with E-state index in [-0.39, 0.29) is 48.2 Å². The van der Waals surface area contributed by atoms with Gasteiger partial charge in [-0.15, -0.1) is 0 Å². The predicted octanol–water partition coefficient (Wildman–Crippen LogP) is 9.51. The molecule has 0 spiro atoms. The third-order valence-electron chi connectivity index (χ3n) is 8.80. The van der Waals surface area contributed by atoms with E-state index in [9.17, 15) is 41.0 Å². The van der Waals surface area contributed by atoms with E-state index in [1.54, 1.807) is 28.9 Å². The Morgan fingerprint density at radius 1 is 0.694 bits per heavy atom. The summed E-state index contributed by atoms with van der Waals surface area (Å²) in [5, 5.41) is 10.2. The standard InChI is InChI=1S/C42H35F6N5O9/c1-2-57-36-17-29(10-12-34(36)60-40(43)44)53(23-32-21-50-24-58-32)28-4-3-5-31(16-28)59-38(54)19-33(39(55)56)25-6-8-27(9-7-25)52(22-26-20-49-14-15-51-26)30-11-13-35(61-41(45)46)37(18-30)62-42(47)48/h3-18,20-21,24,33,40-42H,2,19,22-23H2,1H3,(H,55,56). The molecular formula is C42H35F6N5O9. The van der Waals surface area contributed by atoms with E-state index < -0.39 is 55.6 Å². The average Bonchev–Trinajstić information content (AvgIpc) is 3.76. The third-order valence-corrected chi connectivity index (χ3v) is 8.80. The van der Waals surface area contributed by atoms with Gasteiger partial charge in [-0.05, 0) is 61.0 Å². The molecule has 1 unspecified atom stereocenters. The molecule has 0 saturated heterocycles. The Morgan fingerprint density at radius 3 is 1.90 bits per heavy atom. The van der Waals surface area contributed by atoms with Gasteiger partial charge in [0, 0.05) is 53.3 Å². The number of aliphatic carboxylic acids is 1. The molecule has 0 bridgehead atoms. The number of carbonyl (C=O) groups is 2. The number of oxazole rings is 1. The maximum Gasteiger partial charge on any atom is 0.387 e. The molecule has 6 rings (SSSR count). The van der Waals surface area contributed by atoms with Gasteiger partial charge in [0.2, 0.25) is 0 Å². The fraction of sp³-hybridized carbons (Fsp3) is 0.214. The van der Waals surface area contributed by atoms with Crippen LogP contribution in [0.5, 0.6) is 28.7 Å². The summed E-state index contributed by atoms with van der Waals surface area (Å²) in [5.41, 5.74) is 2.11. The van der Waals surface area contributed by atoms with E-state index >= 15 is 0 Å². The van der Waals surface area contributed by atoms with Crippen molar-refractivity contribution < 1.29 is 69.1 Å². The van der Waals surface area contributed by atoms with Crippen LogP contribution in [0.2, 0.25) is 0 Å². The Hall–Kier alpha value is -7.51. The number of esters is 1. The summed E-state index contributed by atoms with van der Waals surface area (Å²) < 4.78 is 109. The number of ether oxygens (including phenoxy) is 5. The lowest BCUT2D eigenvalue weighted by molar-refractivity contribution is -0.144. The molecule has 62 heavy (non-hydrogen) atoms. The number of nitrogens with zero attached hydrogens (tertiary/aromatic N) is 5. The summed E-state index contributed by atoms with van der Waals surface area (Å²) >= 11 is 0. The van der Waals surface area contributed by atoms with Crippen LogP contribution in [-0.4, -0.2) is 58.4 Å². The molecule has 1 N–H and O–H groups in total. The molecule has 0 aliphatic heterocycles. The van der Waals surface area contributed by atoms with E-state index in [1.165, 1.54) is 91.8 Å². The van der Waals surface area contributed by atoms with Crippen molar-refractivity contribution in [1.29, 1.82) is 0 Å². The molecule has 2 aromatic heterocycles. The quantitative estimate of drug-likeness (QED) is 0.0414. The number of carboxylic acids is 1. The predicted molar refractivity (Wildman–Crippen MR) is 208 cm³/mol. The van der Waals surface area contributed by atoms with E-state index in [1.807, 2.05) is 0 Å².